The van der Waals surface area contributed by atoms with Gasteiger partial charge in [-0.3, -0.25) is 4.90 Å². The molecule has 1 heterocycles. The number of piperazine rings is 1. The van der Waals surface area contributed by atoms with Crippen molar-refractivity contribution in [1.29, 1.82) is 0 Å². The lowest BCUT2D eigenvalue weighted by Gasteiger charge is -2.44. The second-order valence-electron chi connectivity index (χ2n) is 8.81. The molecule has 2 unspecified atom stereocenters. The van der Waals surface area contributed by atoms with Gasteiger partial charge in [0.15, 0.2) is 0 Å². The minimum absolute atomic E-state index is 0.226. The standard InChI is InChI=1S/C25H33FN2O2/c1-30-24-11-3-2-10-23(24)28-15-13-27(14-16-28)19-21-8-4-5-12-25(21,29)18-20-7-6-9-22(26)17-20/h2-3,6-7,9-11,17,21,29H,4-5,8,12-16,18-19H2,1H3. The first kappa shape index (κ1) is 21.1. The molecule has 0 aromatic heterocycles. The molecule has 4 nitrogen and oxygen atoms in total. The summed E-state index contributed by atoms with van der Waals surface area (Å²) < 4.78 is 19.2. The summed E-state index contributed by atoms with van der Waals surface area (Å²) in [4.78, 5) is 4.87. The minimum atomic E-state index is -0.744. The molecule has 2 aromatic carbocycles. The average Bonchev–Trinajstić information content (AvgIpc) is 2.76. The fourth-order valence-electron chi connectivity index (χ4n) is 5.16. The lowest BCUT2D eigenvalue weighted by molar-refractivity contribution is -0.0595. The lowest BCUT2D eigenvalue weighted by atomic mass is 9.72. The van der Waals surface area contributed by atoms with Crippen molar-refractivity contribution < 1.29 is 14.2 Å². The number of aliphatic hydroxyl groups is 1. The number of halogens is 1. The van der Waals surface area contributed by atoms with Gasteiger partial charge in [0.2, 0.25) is 0 Å². The van der Waals surface area contributed by atoms with Crippen LogP contribution in [0.4, 0.5) is 10.1 Å². The molecule has 2 atom stereocenters. The summed E-state index contributed by atoms with van der Waals surface area (Å²) in [5.74, 6) is 0.922. The normalized spacial score (nSPS) is 25.3. The van der Waals surface area contributed by atoms with Crippen molar-refractivity contribution in [2.75, 3.05) is 44.7 Å². The van der Waals surface area contributed by atoms with Gasteiger partial charge in [0, 0.05) is 45.1 Å². The first-order chi connectivity index (χ1) is 14.6. The number of methoxy groups -OCH3 is 1. The average molecular weight is 413 g/mol. The van der Waals surface area contributed by atoms with Crippen LogP contribution in [0.5, 0.6) is 5.75 Å². The summed E-state index contributed by atoms with van der Waals surface area (Å²) in [6, 6.07) is 14.9. The molecule has 4 rings (SSSR count). The van der Waals surface area contributed by atoms with E-state index in [2.05, 4.69) is 21.9 Å². The highest BCUT2D eigenvalue weighted by Crippen LogP contribution is 2.37. The third kappa shape index (κ3) is 4.79. The van der Waals surface area contributed by atoms with Crippen LogP contribution in [0.15, 0.2) is 48.5 Å². The van der Waals surface area contributed by atoms with E-state index in [0.29, 0.717) is 6.42 Å². The van der Waals surface area contributed by atoms with E-state index in [-0.39, 0.29) is 11.7 Å². The van der Waals surface area contributed by atoms with Crippen molar-refractivity contribution >= 4 is 5.69 Å². The van der Waals surface area contributed by atoms with E-state index in [1.54, 1.807) is 19.2 Å². The third-order valence-corrected chi connectivity index (χ3v) is 6.85. The zero-order chi connectivity index (χ0) is 21.0. The Morgan fingerprint density at radius 1 is 1.07 bits per heavy atom. The molecule has 162 valence electrons. The van der Waals surface area contributed by atoms with E-state index in [9.17, 15) is 9.50 Å². The van der Waals surface area contributed by atoms with E-state index in [0.717, 1.165) is 75.4 Å². The number of ether oxygens (including phenoxy) is 1. The van der Waals surface area contributed by atoms with Crippen LogP contribution < -0.4 is 9.64 Å². The van der Waals surface area contributed by atoms with Gasteiger partial charge in [-0.15, -0.1) is 0 Å². The van der Waals surface area contributed by atoms with Crippen molar-refractivity contribution in [2.45, 2.75) is 37.7 Å². The second kappa shape index (κ2) is 9.36. The van der Waals surface area contributed by atoms with Crippen LogP contribution in [-0.2, 0) is 6.42 Å². The Labute approximate surface area is 179 Å². The number of rotatable bonds is 6. The summed E-state index contributed by atoms with van der Waals surface area (Å²) in [7, 11) is 1.72. The molecule has 1 saturated carbocycles. The van der Waals surface area contributed by atoms with Gasteiger partial charge in [-0.05, 0) is 42.7 Å². The fraction of sp³-hybridized carbons (Fsp3) is 0.520. The predicted molar refractivity (Wildman–Crippen MR) is 119 cm³/mol. The van der Waals surface area contributed by atoms with E-state index in [1.165, 1.54) is 6.07 Å². The Balaban J connectivity index is 1.38. The lowest BCUT2D eigenvalue weighted by Crippen LogP contribution is -2.52. The van der Waals surface area contributed by atoms with Crippen molar-refractivity contribution in [1.82, 2.24) is 4.90 Å². The molecule has 2 aromatic rings. The molecule has 1 N–H and O–H groups in total. The van der Waals surface area contributed by atoms with Crippen molar-refractivity contribution in [2.24, 2.45) is 5.92 Å². The van der Waals surface area contributed by atoms with Gasteiger partial charge in [-0.2, -0.15) is 0 Å². The van der Waals surface area contributed by atoms with Gasteiger partial charge in [0.1, 0.15) is 11.6 Å². The summed E-state index contributed by atoms with van der Waals surface area (Å²) >= 11 is 0. The molecule has 5 heteroatoms. The van der Waals surface area contributed by atoms with E-state index in [4.69, 9.17) is 4.74 Å². The van der Waals surface area contributed by atoms with Crippen LogP contribution >= 0.6 is 0 Å². The molecule has 30 heavy (non-hydrogen) atoms. The molecule has 1 aliphatic heterocycles. The Bertz CT molecular complexity index is 837. The van der Waals surface area contributed by atoms with E-state index in [1.807, 2.05) is 18.2 Å². The Morgan fingerprint density at radius 2 is 1.87 bits per heavy atom. The van der Waals surface area contributed by atoms with Crippen LogP contribution in [0.25, 0.3) is 0 Å². The minimum Gasteiger partial charge on any atom is -0.495 e. The van der Waals surface area contributed by atoms with E-state index < -0.39 is 5.60 Å². The zero-order valence-electron chi connectivity index (χ0n) is 17.9. The molecular weight excluding hydrogens is 379 g/mol. The van der Waals surface area contributed by atoms with Gasteiger partial charge in [-0.25, -0.2) is 4.39 Å². The third-order valence-electron chi connectivity index (χ3n) is 6.85. The molecule has 0 spiro atoms. The van der Waals surface area contributed by atoms with Gasteiger partial charge in [-0.1, -0.05) is 37.1 Å². The van der Waals surface area contributed by atoms with Gasteiger partial charge in [0.05, 0.1) is 18.4 Å². The maximum absolute atomic E-state index is 13.6. The van der Waals surface area contributed by atoms with Crippen molar-refractivity contribution in [3.05, 3.63) is 59.9 Å². The molecular formula is C25H33FN2O2. The quantitative estimate of drug-likeness (QED) is 0.774. The number of para-hydroxylation sites is 2. The summed E-state index contributed by atoms with van der Waals surface area (Å²) in [6.45, 7) is 4.77. The highest BCUT2D eigenvalue weighted by atomic mass is 19.1. The molecule has 1 aliphatic carbocycles. The maximum Gasteiger partial charge on any atom is 0.142 e. The smallest absolute Gasteiger partial charge is 0.142 e. The van der Waals surface area contributed by atoms with Crippen molar-refractivity contribution in [3.63, 3.8) is 0 Å². The number of hydrogen-bond donors (Lipinski definition) is 1. The van der Waals surface area contributed by atoms with E-state index >= 15 is 0 Å². The molecule has 2 fully saturated rings. The maximum atomic E-state index is 13.6. The first-order valence-electron chi connectivity index (χ1n) is 11.1. The molecule has 2 aliphatic rings. The number of benzene rings is 2. The largest absolute Gasteiger partial charge is 0.495 e. The topological polar surface area (TPSA) is 35.9 Å². The van der Waals surface area contributed by atoms with Crippen LogP contribution in [0, 0.1) is 11.7 Å². The number of nitrogens with zero attached hydrogens (tertiary/aromatic N) is 2. The monoisotopic (exact) mass is 412 g/mol. The zero-order valence-corrected chi connectivity index (χ0v) is 17.9. The summed E-state index contributed by atoms with van der Waals surface area (Å²) in [5, 5.41) is 11.5. The van der Waals surface area contributed by atoms with Gasteiger partial charge >= 0.3 is 0 Å². The Morgan fingerprint density at radius 3 is 2.63 bits per heavy atom. The van der Waals surface area contributed by atoms with Gasteiger partial charge in [0.25, 0.3) is 0 Å². The summed E-state index contributed by atoms with van der Waals surface area (Å²) in [6.07, 6.45) is 4.59. The van der Waals surface area contributed by atoms with Crippen LogP contribution in [0.3, 0.4) is 0 Å². The molecule has 0 amide bonds. The molecule has 0 bridgehead atoms. The van der Waals surface area contributed by atoms with Gasteiger partial charge < -0.3 is 14.7 Å². The Kier molecular flexibility index (Phi) is 6.59. The second-order valence-corrected chi connectivity index (χ2v) is 8.81. The Hall–Kier alpha value is -2.11. The highest BCUT2D eigenvalue weighted by Gasteiger charge is 2.40. The summed E-state index contributed by atoms with van der Waals surface area (Å²) in [5.41, 5.74) is 1.30. The van der Waals surface area contributed by atoms with Crippen LogP contribution in [-0.4, -0.2) is 55.4 Å². The molecule has 1 saturated heterocycles. The van der Waals surface area contributed by atoms with Crippen LogP contribution in [0.1, 0.15) is 31.2 Å². The SMILES string of the molecule is COc1ccccc1N1CCN(CC2CCCCC2(O)Cc2cccc(F)c2)CC1. The first-order valence-corrected chi connectivity index (χ1v) is 11.1. The van der Waals surface area contributed by atoms with Crippen molar-refractivity contribution in [3.8, 4) is 5.75 Å². The number of anilines is 1. The highest BCUT2D eigenvalue weighted by molar-refractivity contribution is 5.58. The van der Waals surface area contributed by atoms with Crippen LogP contribution in [0.2, 0.25) is 0 Å². The fourth-order valence-corrected chi connectivity index (χ4v) is 5.16. The predicted octanol–water partition coefficient (Wildman–Crippen LogP) is 4.12. The molecule has 0 radical (unpaired) electrons. The number of hydrogen-bond acceptors (Lipinski definition) is 4.